The highest BCUT2D eigenvalue weighted by Crippen LogP contribution is 2.12. The van der Waals surface area contributed by atoms with Crippen LogP contribution in [0.25, 0.3) is 0 Å². The van der Waals surface area contributed by atoms with Crippen LogP contribution in [-0.2, 0) is 9.47 Å². The largest absolute Gasteiger partial charge is 0.376 e. The van der Waals surface area contributed by atoms with Crippen LogP contribution in [0, 0.1) is 0 Å². The van der Waals surface area contributed by atoms with Gasteiger partial charge in [-0.1, -0.05) is 18.2 Å². The lowest BCUT2D eigenvalue weighted by Gasteiger charge is -2.12. The van der Waals surface area contributed by atoms with Gasteiger partial charge in [-0.3, -0.25) is 0 Å². The first kappa shape index (κ1) is 13.4. The number of ether oxygens (including phenoxy) is 2. The molecule has 0 amide bonds. The predicted octanol–water partition coefficient (Wildman–Crippen LogP) is 2.41. The Morgan fingerprint density at radius 3 is 2.94 bits per heavy atom. The van der Waals surface area contributed by atoms with Gasteiger partial charge >= 0.3 is 0 Å². The molecular weight excluding hydrogens is 204 g/mol. The number of rotatable bonds is 7. The van der Waals surface area contributed by atoms with Crippen molar-refractivity contribution in [1.29, 1.82) is 0 Å². The van der Waals surface area contributed by atoms with Crippen LogP contribution in [0.3, 0.4) is 0 Å². The van der Waals surface area contributed by atoms with Gasteiger partial charge < -0.3 is 14.6 Å². The van der Waals surface area contributed by atoms with E-state index in [4.69, 9.17) is 9.47 Å². The van der Waals surface area contributed by atoms with Crippen molar-refractivity contribution in [2.24, 2.45) is 0 Å². The van der Waals surface area contributed by atoms with Gasteiger partial charge in [0.1, 0.15) is 0 Å². The summed E-state index contributed by atoms with van der Waals surface area (Å²) in [5, 5.41) is 9.48. The molecule has 1 saturated heterocycles. The van der Waals surface area contributed by atoms with Crippen molar-refractivity contribution in [2.45, 2.75) is 45.0 Å². The number of unbranched alkanes of at least 4 members (excludes halogenated alkanes) is 1. The fourth-order valence-corrected chi connectivity index (χ4v) is 1.61. The fourth-order valence-electron chi connectivity index (χ4n) is 1.61. The molecular formula is C13H22O3. The van der Waals surface area contributed by atoms with Gasteiger partial charge in [0.2, 0.25) is 0 Å². The summed E-state index contributed by atoms with van der Waals surface area (Å²) >= 11 is 0. The third-order valence-corrected chi connectivity index (χ3v) is 2.51. The van der Waals surface area contributed by atoms with E-state index in [-0.39, 0.29) is 6.10 Å². The summed E-state index contributed by atoms with van der Waals surface area (Å²) in [4.78, 5) is 0. The van der Waals surface area contributed by atoms with Crippen LogP contribution < -0.4 is 0 Å². The van der Waals surface area contributed by atoms with Crippen LogP contribution in [0.2, 0.25) is 0 Å². The molecule has 0 bridgehead atoms. The Morgan fingerprint density at radius 2 is 2.25 bits per heavy atom. The van der Waals surface area contributed by atoms with Gasteiger partial charge in [0.05, 0.1) is 12.7 Å². The van der Waals surface area contributed by atoms with E-state index in [0.717, 1.165) is 32.3 Å². The first-order chi connectivity index (χ1) is 7.83. The zero-order chi connectivity index (χ0) is 11.6. The molecule has 0 radical (unpaired) electrons. The Kier molecular flexibility index (Phi) is 7.14. The molecule has 1 rings (SSSR count). The normalized spacial score (nSPS) is 23.5. The molecule has 3 nitrogen and oxygen atoms in total. The number of allylic oxidation sites excluding steroid dienone is 3. The van der Waals surface area contributed by atoms with Gasteiger partial charge in [-0.15, -0.1) is 0 Å². The first-order valence-electron chi connectivity index (χ1n) is 6.02. The molecule has 0 aliphatic carbocycles. The molecule has 0 spiro atoms. The van der Waals surface area contributed by atoms with Crippen LogP contribution in [-0.4, -0.2) is 30.7 Å². The lowest BCUT2D eigenvalue weighted by atomic mass is 10.2. The predicted molar refractivity (Wildman–Crippen MR) is 64.1 cm³/mol. The molecule has 1 heterocycles. The first-order valence-corrected chi connectivity index (χ1v) is 6.02. The molecule has 1 aliphatic heterocycles. The molecule has 3 heteroatoms. The Morgan fingerprint density at radius 1 is 1.44 bits per heavy atom. The smallest absolute Gasteiger partial charge is 0.174 e. The summed E-state index contributed by atoms with van der Waals surface area (Å²) in [7, 11) is 0. The maximum absolute atomic E-state index is 9.48. The summed E-state index contributed by atoms with van der Waals surface area (Å²) in [6.45, 7) is 3.31. The van der Waals surface area contributed by atoms with Crippen molar-refractivity contribution in [3.8, 4) is 0 Å². The Labute approximate surface area is 97.8 Å². The molecule has 2 atom stereocenters. The third-order valence-electron chi connectivity index (χ3n) is 2.51. The molecule has 16 heavy (non-hydrogen) atoms. The maximum Gasteiger partial charge on any atom is 0.174 e. The Hall–Kier alpha value is -0.640. The second-order valence-corrected chi connectivity index (χ2v) is 3.93. The van der Waals surface area contributed by atoms with E-state index >= 15 is 0 Å². The minimum absolute atomic E-state index is 0.172. The minimum atomic E-state index is -0.796. The summed E-state index contributed by atoms with van der Waals surface area (Å²) in [5.74, 6) is 0. The standard InChI is InChI=1S/C13H22O3/c1-2-3-4-5-6-9-13(14)16-11-12-8-7-10-15-12/h2-3,6,9,12-14H,4-5,7-8,10-11H2,1H3/b3-2?,9-6+. The van der Waals surface area contributed by atoms with E-state index < -0.39 is 6.29 Å². The fraction of sp³-hybridized carbons (Fsp3) is 0.692. The lowest BCUT2D eigenvalue weighted by Crippen LogP contribution is -2.19. The second kappa shape index (κ2) is 8.50. The highest BCUT2D eigenvalue weighted by atomic mass is 16.6. The van der Waals surface area contributed by atoms with Crippen molar-refractivity contribution in [2.75, 3.05) is 13.2 Å². The van der Waals surface area contributed by atoms with Gasteiger partial charge in [0.25, 0.3) is 0 Å². The number of hydrogen-bond donors (Lipinski definition) is 1. The molecule has 1 N–H and O–H groups in total. The van der Waals surface area contributed by atoms with Crippen molar-refractivity contribution < 1.29 is 14.6 Å². The van der Waals surface area contributed by atoms with Crippen LogP contribution in [0.1, 0.15) is 32.6 Å². The topological polar surface area (TPSA) is 38.7 Å². The number of aliphatic hydroxyl groups is 1. The van der Waals surface area contributed by atoms with Crippen LogP contribution in [0.5, 0.6) is 0 Å². The van der Waals surface area contributed by atoms with Gasteiger partial charge in [-0.05, 0) is 38.7 Å². The van der Waals surface area contributed by atoms with Crippen molar-refractivity contribution in [3.63, 3.8) is 0 Å². The SMILES string of the molecule is CC=CCC/C=C/C(O)OCC1CCCO1. The van der Waals surface area contributed by atoms with Crippen LogP contribution in [0.4, 0.5) is 0 Å². The molecule has 1 fully saturated rings. The van der Waals surface area contributed by atoms with E-state index in [1.165, 1.54) is 0 Å². The molecule has 92 valence electrons. The summed E-state index contributed by atoms with van der Waals surface area (Å²) < 4.78 is 10.6. The third kappa shape index (κ3) is 6.05. The van der Waals surface area contributed by atoms with Crippen LogP contribution >= 0.6 is 0 Å². The monoisotopic (exact) mass is 226 g/mol. The quantitative estimate of drug-likeness (QED) is 0.411. The molecule has 2 unspecified atom stereocenters. The Bertz CT molecular complexity index is 217. The highest BCUT2D eigenvalue weighted by molar-refractivity contribution is 4.88. The van der Waals surface area contributed by atoms with Gasteiger partial charge in [-0.25, -0.2) is 0 Å². The van der Waals surface area contributed by atoms with E-state index in [2.05, 4.69) is 6.08 Å². The van der Waals surface area contributed by atoms with E-state index in [0.29, 0.717) is 6.61 Å². The van der Waals surface area contributed by atoms with Gasteiger partial charge in [0, 0.05) is 6.61 Å². The lowest BCUT2D eigenvalue weighted by molar-refractivity contribution is -0.0947. The minimum Gasteiger partial charge on any atom is -0.376 e. The van der Waals surface area contributed by atoms with E-state index in [9.17, 15) is 5.11 Å². The maximum atomic E-state index is 9.48. The average molecular weight is 226 g/mol. The Balaban J connectivity index is 2.02. The molecule has 0 saturated carbocycles. The molecule has 0 aromatic carbocycles. The number of aliphatic hydroxyl groups excluding tert-OH is 1. The molecule has 0 aromatic rings. The average Bonchev–Trinajstić information content (AvgIpc) is 2.79. The van der Waals surface area contributed by atoms with Gasteiger partial charge in [-0.2, -0.15) is 0 Å². The van der Waals surface area contributed by atoms with Crippen molar-refractivity contribution in [3.05, 3.63) is 24.3 Å². The molecule has 0 aromatic heterocycles. The second-order valence-electron chi connectivity index (χ2n) is 3.93. The van der Waals surface area contributed by atoms with Crippen LogP contribution in [0.15, 0.2) is 24.3 Å². The van der Waals surface area contributed by atoms with Crippen molar-refractivity contribution >= 4 is 0 Å². The van der Waals surface area contributed by atoms with Gasteiger partial charge in [0.15, 0.2) is 6.29 Å². The number of hydrogen-bond acceptors (Lipinski definition) is 3. The zero-order valence-electron chi connectivity index (χ0n) is 9.97. The van der Waals surface area contributed by atoms with E-state index in [1.54, 1.807) is 6.08 Å². The summed E-state index contributed by atoms with van der Waals surface area (Å²) in [6, 6.07) is 0. The van der Waals surface area contributed by atoms with E-state index in [1.807, 2.05) is 19.1 Å². The summed E-state index contributed by atoms with van der Waals surface area (Å²) in [6.07, 6.45) is 11.2. The van der Waals surface area contributed by atoms with Crippen molar-refractivity contribution in [1.82, 2.24) is 0 Å². The highest BCUT2D eigenvalue weighted by Gasteiger charge is 2.16. The molecule has 1 aliphatic rings. The summed E-state index contributed by atoms with van der Waals surface area (Å²) in [5.41, 5.74) is 0. The zero-order valence-corrected chi connectivity index (χ0v) is 9.97.